The average Bonchev–Trinajstić information content (AvgIpc) is 2.45. The molecular weight excluding hydrogens is 268 g/mol. The number of urea groups is 1. The Morgan fingerprint density at radius 2 is 1.67 bits per heavy atom. The number of nitrogens with one attached hydrogen (secondary N) is 1. The van der Waals surface area contributed by atoms with Gasteiger partial charge in [0.2, 0.25) is 5.91 Å². The first-order valence-corrected chi connectivity index (χ1v) is 7.69. The van der Waals surface area contributed by atoms with E-state index < -0.39 is 6.04 Å². The predicted octanol–water partition coefficient (Wildman–Crippen LogP) is 0.835. The van der Waals surface area contributed by atoms with Gasteiger partial charge in [0.15, 0.2) is 0 Å². The molecule has 0 saturated carbocycles. The Labute approximate surface area is 128 Å². The van der Waals surface area contributed by atoms with Crippen molar-refractivity contribution in [1.82, 2.24) is 20.0 Å². The third-order valence-electron chi connectivity index (χ3n) is 4.33. The minimum atomic E-state index is -0.422. The highest BCUT2D eigenvalue weighted by Gasteiger charge is 2.33. The van der Waals surface area contributed by atoms with Crippen molar-refractivity contribution in [1.29, 1.82) is 0 Å². The van der Waals surface area contributed by atoms with Gasteiger partial charge in [-0.3, -0.25) is 4.79 Å². The van der Waals surface area contributed by atoms with E-state index in [9.17, 15) is 9.59 Å². The number of carbonyl (C=O) groups is 2. The number of rotatable bonds is 4. The topological polar surface area (TPSA) is 55.9 Å². The van der Waals surface area contributed by atoms with Crippen LogP contribution in [0.25, 0.3) is 0 Å². The molecule has 1 atom stereocenters. The van der Waals surface area contributed by atoms with Crippen molar-refractivity contribution in [2.75, 3.05) is 41.3 Å². The highest BCUT2D eigenvalue weighted by atomic mass is 16.2. The van der Waals surface area contributed by atoms with E-state index in [0.29, 0.717) is 6.04 Å². The quantitative estimate of drug-likeness (QED) is 0.836. The minimum Gasteiger partial charge on any atom is -0.357 e. The molecule has 1 fully saturated rings. The normalized spacial score (nSPS) is 18.0. The fourth-order valence-electron chi connectivity index (χ4n) is 2.99. The van der Waals surface area contributed by atoms with Crippen LogP contribution in [0, 0.1) is 5.92 Å². The van der Waals surface area contributed by atoms with Crippen LogP contribution in [-0.2, 0) is 4.79 Å². The van der Waals surface area contributed by atoms with Crippen molar-refractivity contribution in [3.63, 3.8) is 0 Å². The zero-order chi connectivity index (χ0) is 16.2. The molecule has 1 N–H and O–H groups in total. The molecule has 0 aromatic rings. The van der Waals surface area contributed by atoms with Crippen LogP contribution >= 0.6 is 0 Å². The zero-order valence-corrected chi connectivity index (χ0v) is 14.2. The maximum Gasteiger partial charge on any atom is 0.320 e. The van der Waals surface area contributed by atoms with Gasteiger partial charge in [0.1, 0.15) is 6.04 Å². The van der Waals surface area contributed by atoms with Crippen LogP contribution in [-0.4, -0.2) is 80.0 Å². The van der Waals surface area contributed by atoms with E-state index in [2.05, 4.69) is 24.3 Å². The Bertz CT molecular complexity index is 363. The molecule has 0 aliphatic carbocycles. The summed E-state index contributed by atoms with van der Waals surface area (Å²) < 4.78 is 0. The molecular formula is C15H30N4O2. The summed E-state index contributed by atoms with van der Waals surface area (Å²) in [6, 6.07) is 0.0720. The van der Waals surface area contributed by atoms with E-state index in [-0.39, 0.29) is 17.9 Å². The number of likely N-dealkylation sites (N-methyl/N-ethyl adjacent to an activating group) is 2. The Hall–Kier alpha value is -1.30. The summed E-state index contributed by atoms with van der Waals surface area (Å²) in [7, 11) is 7.49. The smallest absolute Gasteiger partial charge is 0.320 e. The van der Waals surface area contributed by atoms with Crippen LogP contribution in [0.5, 0.6) is 0 Å². The lowest BCUT2D eigenvalue weighted by atomic mass is 10.0. The number of likely N-dealkylation sites (tertiary alicyclic amines) is 1. The molecule has 0 spiro atoms. The Morgan fingerprint density at radius 1 is 1.14 bits per heavy atom. The summed E-state index contributed by atoms with van der Waals surface area (Å²) in [6.07, 6.45) is 1.97. The summed E-state index contributed by atoms with van der Waals surface area (Å²) in [5.41, 5.74) is 0. The standard InChI is InChI=1S/C15H30N4O2/c1-11(2)13(14(20)16-3)18(6)15(21)19-9-7-12(8-10-19)17(4)5/h11-13H,7-10H2,1-6H3,(H,16,20). The number of amides is 3. The maximum atomic E-state index is 12.6. The van der Waals surface area contributed by atoms with Crippen LogP contribution in [0.4, 0.5) is 4.79 Å². The molecule has 1 aliphatic rings. The molecule has 6 heteroatoms. The van der Waals surface area contributed by atoms with E-state index in [1.54, 1.807) is 19.0 Å². The molecule has 1 saturated heterocycles. The van der Waals surface area contributed by atoms with Gasteiger partial charge < -0.3 is 20.0 Å². The van der Waals surface area contributed by atoms with Crippen molar-refractivity contribution in [2.45, 2.75) is 38.8 Å². The van der Waals surface area contributed by atoms with Crippen molar-refractivity contribution >= 4 is 11.9 Å². The number of piperidine rings is 1. The van der Waals surface area contributed by atoms with Gasteiger partial charge in [-0.15, -0.1) is 0 Å². The largest absolute Gasteiger partial charge is 0.357 e. The first-order chi connectivity index (χ1) is 9.79. The molecule has 0 radical (unpaired) electrons. The Balaban J connectivity index is 2.67. The molecule has 1 heterocycles. The summed E-state index contributed by atoms with van der Waals surface area (Å²) in [5.74, 6) is -0.0257. The van der Waals surface area contributed by atoms with Gasteiger partial charge >= 0.3 is 6.03 Å². The first kappa shape index (κ1) is 17.8. The highest BCUT2D eigenvalue weighted by molar-refractivity contribution is 5.87. The van der Waals surface area contributed by atoms with Gasteiger partial charge in [-0.2, -0.15) is 0 Å². The van der Waals surface area contributed by atoms with E-state index in [1.807, 2.05) is 18.7 Å². The van der Waals surface area contributed by atoms with Crippen LogP contribution in [0.1, 0.15) is 26.7 Å². The second kappa shape index (κ2) is 7.64. The zero-order valence-electron chi connectivity index (χ0n) is 14.2. The van der Waals surface area contributed by atoms with E-state index >= 15 is 0 Å². The molecule has 3 amide bonds. The maximum absolute atomic E-state index is 12.6. The van der Waals surface area contributed by atoms with Crippen molar-refractivity contribution in [2.24, 2.45) is 5.92 Å². The fraction of sp³-hybridized carbons (Fsp3) is 0.867. The van der Waals surface area contributed by atoms with Crippen LogP contribution in [0.3, 0.4) is 0 Å². The van der Waals surface area contributed by atoms with E-state index in [1.165, 1.54) is 0 Å². The average molecular weight is 298 g/mol. The molecule has 0 aromatic heterocycles. The van der Waals surface area contributed by atoms with Gasteiger partial charge in [0.05, 0.1) is 0 Å². The molecule has 21 heavy (non-hydrogen) atoms. The van der Waals surface area contributed by atoms with E-state index in [0.717, 1.165) is 25.9 Å². The van der Waals surface area contributed by atoms with Crippen molar-refractivity contribution in [3.8, 4) is 0 Å². The van der Waals surface area contributed by atoms with Crippen molar-refractivity contribution < 1.29 is 9.59 Å². The molecule has 6 nitrogen and oxygen atoms in total. The molecule has 0 bridgehead atoms. The molecule has 1 rings (SSSR count). The summed E-state index contributed by atoms with van der Waals surface area (Å²) in [4.78, 5) is 30.2. The third kappa shape index (κ3) is 4.33. The van der Waals surface area contributed by atoms with Gasteiger partial charge in [0.25, 0.3) is 0 Å². The second-order valence-electron chi connectivity index (χ2n) is 6.38. The van der Waals surface area contributed by atoms with E-state index in [4.69, 9.17) is 0 Å². The Morgan fingerprint density at radius 3 is 2.05 bits per heavy atom. The molecule has 122 valence electrons. The van der Waals surface area contributed by atoms with Gasteiger partial charge in [0, 0.05) is 33.2 Å². The lowest BCUT2D eigenvalue weighted by molar-refractivity contribution is -0.126. The highest BCUT2D eigenvalue weighted by Crippen LogP contribution is 2.18. The van der Waals surface area contributed by atoms with Gasteiger partial charge in [-0.1, -0.05) is 13.8 Å². The van der Waals surface area contributed by atoms with Crippen LogP contribution in [0.15, 0.2) is 0 Å². The first-order valence-electron chi connectivity index (χ1n) is 7.69. The molecule has 1 aliphatic heterocycles. The summed E-state index contributed by atoms with van der Waals surface area (Å²) in [6.45, 7) is 5.43. The van der Waals surface area contributed by atoms with Gasteiger partial charge in [-0.05, 0) is 32.9 Å². The third-order valence-corrected chi connectivity index (χ3v) is 4.33. The SMILES string of the molecule is CNC(=O)C(C(C)C)N(C)C(=O)N1CCC(N(C)C)CC1. The molecule has 0 aromatic carbocycles. The fourth-order valence-corrected chi connectivity index (χ4v) is 2.99. The lowest BCUT2D eigenvalue weighted by Gasteiger charge is -2.39. The monoisotopic (exact) mass is 298 g/mol. The lowest BCUT2D eigenvalue weighted by Crippen LogP contribution is -2.55. The van der Waals surface area contributed by atoms with Crippen LogP contribution in [0.2, 0.25) is 0 Å². The number of hydrogen-bond donors (Lipinski definition) is 1. The Kier molecular flexibility index (Phi) is 6.45. The molecule has 1 unspecified atom stereocenters. The number of nitrogens with zero attached hydrogens (tertiary/aromatic N) is 3. The predicted molar refractivity (Wildman–Crippen MR) is 84.1 cm³/mol. The van der Waals surface area contributed by atoms with Gasteiger partial charge in [-0.25, -0.2) is 4.79 Å². The number of carbonyl (C=O) groups excluding carboxylic acids is 2. The minimum absolute atomic E-state index is 0.0468. The summed E-state index contributed by atoms with van der Waals surface area (Å²) >= 11 is 0. The second-order valence-corrected chi connectivity index (χ2v) is 6.38. The van der Waals surface area contributed by atoms with Crippen molar-refractivity contribution in [3.05, 3.63) is 0 Å². The van der Waals surface area contributed by atoms with Crippen LogP contribution < -0.4 is 5.32 Å². The number of hydrogen-bond acceptors (Lipinski definition) is 3. The summed E-state index contributed by atoms with van der Waals surface area (Å²) in [5, 5.41) is 2.65.